The molecule has 0 saturated carbocycles. The van der Waals surface area contributed by atoms with Crippen LogP contribution in [0.15, 0.2) is 36.4 Å². The van der Waals surface area contributed by atoms with E-state index in [1.54, 1.807) is 18.8 Å². The van der Waals surface area contributed by atoms with Gasteiger partial charge in [0.15, 0.2) is 0 Å². The Morgan fingerprint density at radius 2 is 1.43 bits per heavy atom. The molecule has 0 N–H and O–H groups in total. The first-order chi connectivity index (χ1) is 17.7. The van der Waals surface area contributed by atoms with E-state index >= 15 is 0 Å². The Labute approximate surface area is 215 Å². The molecule has 1 heterocycles. The van der Waals surface area contributed by atoms with E-state index in [0.717, 1.165) is 51.8 Å². The monoisotopic (exact) mass is 521 g/mol. The van der Waals surface area contributed by atoms with Crippen molar-refractivity contribution in [3.05, 3.63) is 69.9 Å². The molecule has 2 aromatic carbocycles. The summed E-state index contributed by atoms with van der Waals surface area (Å²) in [5.41, 5.74) is 4.13. The summed E-state index contributed by atoms with van der Waals surface area (Å²) in [6.07, 6.45) is -1.88. The molecule has 6 nitrogen and oxygen atoms in total. The van der Waals surface area contributed by atoms with E-state index < -0.39 is 11.7 Å². The highest BCUT2D eigenvalue weighted by Crippen LogP contribution is 2.33. The predicted molar refractivity (Wildman–Crippen MR) is 135 cm³/mol. The molecule has 9 heteroatoms. The van der Waals surface area contributed by atoms with Crippen LogP contribution in [0.25, 0.3) is 10.9 Å². The summed E-state index contributed by atoms with van der Waals surface area (Å²) >= 11 is 0. The van der Waals surface area contributed by atoms with E-state index in [9.17, 15) is 18.0 Å². The van der Waals surface area contributed by atoms with Gasteiger partial charge in [0.1, 0.15) is 13.6 Å². The van der Waals surface area contributed by atoms with Crippen LogP contribution in [-0.2, 0) is 38.0 Å². The van der Waals surface area contributed by atoms with Crippen molar-refractivity contribution in [2.45, 2.75) is 45.7 Å². The van der Waals surface area contributed by atoms with Crippen LogP contribution in [0.4, 0.5) is 13.2 Å². The highest BCUT2D eigenvalue weighted by Gasteiger charge is 2.30. The highest BCUT2D eigenvalue weighted by atomic mass is 19.4. The largest absolute Gasteiger partial charge is 0.416 e. The number of ether oxygens (including phenoxy) is 4. The zero-order valence-corrected chi connectivity index (χ0v) is 21.7. The van der Waals surface area contributed by atoms with Gasteiger partial charge in [0.25, 0.3) is 5.91 Å². The number of methoxy groups -OCH3 is 2. The van der Waals surface area contributed by atoms with Crippen LogP contribution >= 0.6 is 0 Å². The molecule has 0 atom stereocenters. The van der Waals surface area contributed by atoms with Crippen LogP contribution < -0.4 is 0 Å². The molecule has 0 aliphatic heterocycles. The Morgan fingerprint density at radius 3 is 2.00 bits per heavy atom. The number of aryl methyl sites for hydroxylation is 3. The molecule has 0 radical (unpaired) electrons. The number of benzene rings is 2. The minimum atomic E-state index is -4.47. The Hall–Kier alpha value is -2.72. The predicted octanol–water partition coefficient (Wildman–Crippen LogP) is 6.07. The number of nitrogens with zero attached hydrogens (tertiary/aromatic N) is 1. The summed E-state index contributed by atoms with van der Waals surface area (Å²) in [6.45, 7) is 5.32. The molecule has 0 aliphatic carbocycles. The van der Waals surface area contributed by atoms with E-state index in [-0.39, 0.29) is 25.1 Å². The van der Waals surface area contributed by atoms with Gasteiger partial charge in [0, 0.05) is 44.1 Å². The first kappa shape index (κ1) is 28.8. The number of halogens is 3. The van der Waals surface area contributed by atoms with Crippen molar-refractivity contribution in [2.24, 2.45) is 0 Å². The van der Waals surface area contributed by atoms with Gasteiger partial charge in [-0.3, -0.25) is 9.36 Å². The first-order valence-electron chi connectivity index (χ1n) is 12.2. The van der Waals surface area contributed by atoms with E-state index in [1.165, 1.54) is 12.1 Å². The maximum atomic E-state index is 13.8. The molecule has 0 bridgehead atoms. The topological polar surface area (TPSA) is 58.9 Å². The third kappa shape index (κ3) is 7.19. The lowest BCUT2D eigenvalue weighted by Crippen LogP contribution is -2.17. The number of alkyl halides is 3. The minimum Gasteiger partial charge on any atom is -0.359 e. The normalized spacial score (nSPS) is 12.0. The van der Waals surface area contributed by atoms with Gasteiger partial charge in [-0.2, -0.15) is 13.2 Å². The second-order valence-corrected chi connectivity index (χ2v) is 8.93. The lowest BCUT2D eigenvalue weighted by atomic mass is 10.0. The molecule has 0 saturated heterocycles. The standard InChI is InChI=1S/C28H34F3NO5/c1-19-15-24-23(7-5-13-36-17-34-3)25(8-6-14-37-18-35-4)32(26(24)16-20(19)2)27(33)21-9-11-22(12-10-21)28(29,30)31/h9-12,15-16H,5-8,13-14,17-18H2,1-4H3. The summed E-state index contributed by atoms with van der Waals surface area (Å²) in [5, 5.41) is 0.961. The average Bonchev–Trinajstić information content (AvgIpc) is 3.15. The summed E-state index contributed by atoms with van der Waals surface area (Å²) in [4.78, 5) is 13.8. The van der Waals surface area contributed by atoms with Crippen molar-refractivity contribution in [3.8, 4) is 0 Å². The van der Waals surface area contributed by atoms with Crippen molar-refractivity contribution in [1.29, 1.82) is 0 Å². The fraction of sp³-hybridized carbons (Fsp3) is 0.464. The van der Waals surface area contributed by atoms with Crippen LogP contribution in [0.3, 0.4) is 0 Å². The van der Waals surface area contributed by atoms with Gasteiger partial charge in [-0.25, -0.2) is 0 Å². The van der Waals surface area contributed by atoms with Crippen LogP contribution in [0.2, 0.25) is 0 Å². The van der Waals surface area contributed by atoms with Gasteiger partial charge >= 0.3 is 6.18 Å². The fourth-order valence-corrected chi connectivity index (χ4v) is 4.35. The van der Waals surface area contributed by atoms with Gasteiger partial charge in [0.05, 0.1) is 11.1 Å². The van der Waals surface area contributed by atoms with Gasteiger partial charge in [-0.1, -0.05) is 0 Å². The molecular formula is C28H34F3NO5. The number of hydrogen-bond acceptors (Lipinski definition) is 5. The number of rotatable bonds is 13. The maximum absolute atomic E-state index is 13.8. The van der Waals surface area contributed by atoms with E-state index in [1.807, 2.05) is 19.9 Å². The second-order valence-electron chi connectivity index (χ2n) is 8.93. The number of fused-ring (bicyclic) bond motifs is 1. The molecule has 202 valence electrons. The summed E-state index contributed by atoms with van der Waals surface area (Å²) in [5.74, 6) is -0.364. The molecule has 3 aromatic rings. The molecule has 0 fully saturated rings. The van der Waals surface area contributed by atoms with Crippen LogP contribution in [0.5, 0.6) is 0 Å². The van der Waals surface area contributed by atoms with Crippen LogP contribution in [0.1, 0.15) is 51.1 Å². The van der Waals surface area contributed by atoms with Crippen molar-refractivity contribution in [1.82, 2.24) is 4.57 Å². The summed E-state index contributed by atoms with van der Waals surface area (Å²) in [7, 11) is 3.12. The third-order valence-electron chi connectivity index (χ3n) is 6.28. The lowest BCUT2D eigenvalue weighted by Gasteiger charge is -2.13. The quantitative estimate of drug-likeness (QED) is 0.202. The SMILES string of the molecule is COCOCCCc1c(CCCOCOC)n(C(=O)c2ccc(C(F)(F)F)cc2)c2cc(C)c(C)cc12. The Bertz CT molecular complexity index is 1190. The molecule has 0 spiro atoms. The Kier molecular flexibility index (Phi) is 10.3. The van der Waals surface area contributed by atoms with Gasteiger partial charge in [-0.05, 0) is 92.6 Å². The van der Waals surface area contributed by atoms with E-state index in [0.29, 0.717) is 32.5 Å². The third-order valence-corrected chi connectivity index (χ3v) is 6.28. The van der Waals surface area contributed by atoms with Crippen molar-refractivity contribution in [2.75, 3.05) is 41.0 Å². The molecule has 0 amide bonds. The zero-order valence-electron chi connectivity index (χ0n) is 21.7. The molecule has 37 heavy (non-hydrogen) atoms. The Morgan fingerprint density at radius 1 is 0.865 bits per heavy atom. The minimum absolute atomic E-state index is 0.176. The lowest BCUT2D eigenvalue weighted by molar-refractivity contribution is -0.137. The van der Waals surface area contributed by atoms with E-state index in [2.05, 4.69) is 6.07 Å². The van der Waals surface area contributed by atoms with Crippen molar-refractivity contribution >= 4 is 16.8 Å². The van der Waals surface area contributed by atoms with Crippen LogP contribution in [0, 0.1) is 13.8 Å². The van der Waals surface area contributed by atoms with E-state index in [4.69, 9.17) is 18.9 Å². The first-order valence-corrected chi connectivity index (χ1v) is 12.2. The summed E-state index contributed by atoms with van der Waals surface area (Å²) < 4.78 is 61.8. The average molecular weight is 522 g/mol. The number of aromatic nitrogens is 1. The van der Waals surface area contributed by atoms with Gasteiger partial charge in [0.2, 0.25) is 0 Å². The molecular weight excluding hydrogens is 487 g/mol. The maximum Gasteiger partial charge on any atom is 0.416 e. The smallest absolute Gasteiger partial charge is 0.359 e. The summed E-state index contributed by atoms with van der Waals surface area (Å²) in [6, 6.07) is 8.42. The number of hydrogen-bond donors (Lipinski definition) is 0. The second kappa shape index (κ2) is 13.2. The fourth-order valence-electron chi connectivity index (χ4n) is 4.35. The Balaban J connectivity index is 2.07. The number of carbonyl (C=O) groups is 1. The molecule has 1 aromatic heterocycles. The van der Waals surface area contributed by atoms with Gasteiger partial charge < -0.3 is 18.9 Å². The highest BCUT2D eigenvalue weighted by molar-refractivity contribution is 6.04. The number of carbonyl (C=O) groups excluding carboxylic acids is 1. The van der Waals surface area contributed by atoms with Crippen molar-refractivity contribution in [3.63, 3.8) is 0 Å². The van der Waals surface area contributed by atoms with Crippen LogP contribution in [-0.4, -0.2) is 51.5 Å². The molecule has 0 aliphatic rings. The molecule has 0 unspecified atom stereocenters. The molecule has 3 rings (SSSR count). The van der Waals surface area contributed by atoms with Crippen molar-refractivity contribution < 1.29 is 36.9 Å². The van der Waals surface area contributed by atoms with Gasteiger partial charge in [-0.15, -0.1) is 0 Å². The zero-order chi connectivity index (χ0) is 27.0.